The maximum Gasteiger partial charge on any atom is 0.238 e. The van der Waals surface area contributed by atoms with Gasteiger partial charge < -0.3 is 10.6 Å². The summed E-state index contributed by atoms with van der Waals surface area (Å²) in [6, 6.07) is 15.2. The van der Waals surface area contributed by atoms with Crippen molar-refractivity contribution in [1.82, 2.24) is 9.80 Å². The molecule has 1 heterocycles. The largest absolute Gasteiger partial charge is 0.325 e. The number of anilines is 2. The predicted molar refractivity (Wildman–Crippen MR) is 127 cm³/mol. The third-order valence-electron chi connectivity index (χ3n) is 5.36. The van der Waals surface area contributed by atoms with Crippen LogP contribution in [0, 0.1) is 0 Å². The molecule has 3 rings (SSSR count). The van der Waals surface area contributed by atoms with Gasteiger partial charge in [-0.3, -0.25) is 19.4 Å². The van der Waals surface area contributed by atoms with Crippen LogP contribution in [-0.2, 0) is 15.0 Å². The van der Waals surface area contributed by atoms with Crippen LogP contribution in [0.2, 0.25) is 5.02 Å². The molecule has 0 aliphatic carbocycles. The van der Waals surface area contributed by atoms with E-state index >= 15 is 0 Å². The Hall–Kier alpha value is -2.41. The van der Waals surface area contributed by atoms with Crippen LogP contribution >= 0.6 is 11.6 Å². The maximum absolute atomic E-state index is 12.6. The highest BCUT2D eigenvalue weighted by Crippen LogP contribution is 2.29. The number of para-hydroxylation sites is 2. The van der Waals surface area contributed by atoms with Gasteiger partial charge in [0.2, 0.25) is 11.8 Å². The molecule has 31 heavy (non-hydrogen) atoms. The first-order valence-electron chi connectivity index (χ1n) is 10.6. The van der Waals surface area contributed by atoms with Gasteiger partial charge in [-0.15, -0.1) is 0 Å². The monoisotopic (exact) mass is 442 g/mol. The Morgan fingerprint density at radius 1 is 0.806 bits per heavy atom. The Morgan fingerprint density at radius 2 is 1.26 bits per heavy atom. The quantitative estimate of drug-likeness (QED) is 0.713. The van der Waals surface area contributed by atoms with Gasteiger partial charge in [-0.25, -0.2) is 0 Å². The summed E-state index contributed by atoms with van der Waals surface area (Å²) in [6.45, 7) is 10.0. The van der Waals surface area contributed by atoms with Crippen LogP contribution in [0.15, 0.2) is 48.5 Å². The molecule has 0 unspecified atom stereocenters. The topological polar surface area (TPSA) is 64.7 Å². The van der Waals surface area contributed by atoms with E-state index in [1.165, 1.54) is 0 Å². The zero-order chi connectivity index (χ0) is 22.4. The first-order valence-corrected chi connectivity index (χ1v) is 11.0. The SMILES string of the molecule is CC(C)(C)c1ccccc1NC(=O)CN1CCN(CC(=O)Nc2ccccc2Cl)CC1. The molecule has 7 heteroatoms. The summed E-state index contributed by atoms with van der Waals surface area (Å²) in [6.07, 6.45) is 0. The molecular formula is C24H31ClN4O2. The van der Waals surface area contributed by atoms with Crippen LogP contribution in [0.25, 0.3) is 0 Å². The number of nitrogens with zero attached hydrogens (tertiary/aromatic N) is 2. The first kappa shape index (κ1) is 23.3. The Kier molecular flexibility index (Phi) is 7.70. The van der Waals surface area contributed by atoms with E-state index in [-0.39, 0.29) is 17.2 Å². The molecule has 2 N–H and O–H groups in total. The summed E-state index contributed by atoms with van der Waals surface area (Å²) in [5.41, 5.74) is 2.58. The lowest BCUT2D eigenvalue weighted by Gasteiger charge is -2.34. The van der Waals surface area contributed by atoms with Gasteiger partial charge in [0, 0.05) is 31.9 Å². The Bertz CT molecular complexity index is 918. The van der Waals surface area contributed by atoms with Crippen molar-refractivity contribution >= 4 is 34.8 Å². The summed E-state index contributed by atoms with van der Waals surface area (Å²) < 4.78 is 0. The number of halogens is 1. The van der Waals surface area contributed by atoms with Gasteiger partial charge in [0.1, 0.15) is 0 Å². The Labute approximate surface area is 189 Å². The summed E-state index contributed by atoms with van der Waals surface area (Å²) in [7, 11) is 0. The maximum atomic E-state index is 12.6. The van der Waals surface area contributed by atoms with E-state index in [0.29, 0.717) is 23.8 Å². The highest BCUT2D eigenvalue weighted by atomic mass is 35.5. The number of nitrogens with one attached hydrogen (secondary N) is 2. The van der Waals surface area contributed by atoms with E-state index < -0.39 is 0 Å². The van der Waals surface area contributed by atoms with Gasteiger partial charge in [-0.2, -0.15) is 0 Å². The number of rotatable bonds is 6. The van der Waals surface area contributed by atoms with Crippen LogP contribution < -0.4 is 10.6 Å². The molecule has 0 radical (unpaired) electrons. The second kappa shape index (κ2) is 10.3. The van der Waals surface area contributed by atoms with Crippen molar-refractivity contribution in [3.05, 3.63) is 59.1 Å². The molecule has 1 aliphatic heterocycles. The fraction of sp³-hybridized carbons (Fsp3) is 0.417. The molecule has 2 aromatic rings. The zero-order valence-corrected chi connectivity index (χ0v) is 19.2. The third-order valence-corrected chi connectivity index (χ3v) is 5.69. The van der Waals surface area contributed by atoms with Crippen LogP contribution in [-0.4, -0.2) is 60.9 Å². The summed E-state index contributed by atoms with van der Waals surface area (Å²) >= 11 is 6.10. The van der Waals surface area contributed by atoms with Crippen LogP contribution in [0.1, 0.15) is 26.3 Å². The molecule has 2 amide bonds. The molecule has 0 aromatic heterocycles. The van der Waals surface area contributed by atoms with Crippen molar-refractivity contribution in [3.63, 3.8) is 0 Å². The van der Waals surface area contributed by atoms with Crippen molar-refractivity contribution in [1.29, 1.82) is 0 Å². The fourth-order valence-electron chi connectivity index (χ4n) is 3.70. The van der Waals surface area contributed by atoms with Crippen LogP contribution in [0.3, 0.4) is 0 Å². The molecule has 0 spiro atoms. The zero-order valence-electron chi connectivity index (χ0n) is 18.5. The fourth-order valence-corrected chi connectivity index (χ4v) is 3.88. The second-order valence-electron chi connectivity index (χ2n) is 8.92. The molecule has 0 saturated carbocycles. The lowest BCUT2D eigenvalue weighted by molar-refractivity contribution is -0.120. The number of carbonyl (C=O) groups is 2. The summed E-state index contributed by atoms with van der Waals surface area (Å²) in [5, 5.41) is 6.45. The van der Waals surface area contributed by atoms with E-state index in [0.717, 1.165) is 37.4 Å². The standard InChI is InChI=1S/C24H31ClN4O2/c1-24(2,3)18-8-4-6-10-20(18)26-22(30)16-28-12-14-29(15-13-28)17-23(31)27-21-11-7-5-9-19(21)25/h4-11H,12-17H2,1-3H3,(H,26,30)(H,27,31). The van der Waals surface area contributed by atoms with Gasteiger partial charge in [0.25, 0.3) is 0 Å². The first-order chi connectivity index (χ1) is 14.7. The molecule has 0 atom stereocenters. The molecule has 166 valence electrons. The number of hydrogen-bond donors (Lipinski definition) is 2. The Morgan fingerprint density at radius 3 is 1.77 bits per heavy atom. The van der Waals surface area contributed by atoms with Crippen molar-refractivity contribution < 1.29 is 9.59 Å². The summed E-state index contributed by atoms with van der Waals surface area (Å²) in [5.74, 6) is -0.0975. The van der Waals surface area contributed by atoms with Gasteiger partial charge in [-0.05, 0) is 29.2 Å². The van der Waals surface area contributed by atoms with Gasteiger partial charge in [-0.1, -0.05) is 62.7 Å². The molecular weight excluding hydrogens is 412 g/mol. The van der Waals surface area contributed by atoms with Crippen molar-refractivity contribution in [3.8, 4) is 0 Å². The number of carbonyl (C=O) groups excluding carboxylic acids is 2. The van der Waals surface area contributed by atoms with E-state index in [4.69, 9.17) is 11.6 Å². The smallest absolute Gasteiger partial charge is 0.238 e. The molecule has 0 bridgehead atoms. The normalized spacial score (nSPS) is 15.5. The molecule has 1 aliphatic rings. The average Bonchev–Trinajstić information content (AvgIpc) is 2.71. The number of benzene rings is 2. The van der Waals surface area contributed by atoms with E-state index in [2.05, 4.69) is 47.3 Å². The number of hydrogen-bond acceptors (Lipinski definition) is 4. The molecule has 6 nitrogen and oxygen atoms in total. The minimum absolute atomic E-state index is 0.0124. The van der Waals surface area contributed by atoms with Crippen molar-refractivity contribution in [2.75, 3.05) is 49.9 Å². The van der Waals surface area contributed by atoms with E-state index in [1.807, 2.05) is 30.3 Å². The van der Waals surface area contributed by atoms with Gasteiger partial charge in [0.15, 0.2) is 0 Å². The Balaban J connectivity index is 1.45. The van der Waals surface area contributed by atoms with Gasteiger partial charge >= 0.3 is 0 Å². The predicted octanol–water partition coefficient (Wildman–Crippen LogP) is 3.83. The molecule has 2 aromatic carbocycles. The van der Waals surface area contributed by atoms with Crippen molar-refractivity contribution in [2.45, 2.75) is 26.2 Å². The van der Waals surface area contributed by atoms with E-state index in [9.17, 15) is 9.59 Å². The van der Waals surface area contributed by atoms with Crippen LogP contribution in [0.5, 0.6) is 0 Å². The minimum atomic E-state index is -0.0851. The highest BCUT2D eigenvalue weighted by molar-refractivity contribution is 6.33. The molecule has 1 saturated heterocycles. The number of amides is 2. The van der Waals surface area contributed by atoms with E-state index in [1.54, 1.807) is 12.1 Å². The minimum Gasteiger partial charge on any atom is -0.325 e. The lowest BCUT2D eigenvalue weighted by atomic mass is 9.86. The van der Waals surface area contributed by atoms with Crippen molar-refractivity contribution in [2.24, 2.45) is 0 Å². The van der Waals surface area contributed by atoms with Gasteiger partial charge in [0.05, 0.1) is 23.8 Å². The van der Waals surface area contributed by atoms with Crippen LogP contribution in [0.4, 0.5) is 11.4 Å². The average molecular weight is 443 g/mol. The number of piperazine rings is 1. The second-order valence-corrected chi connectivity index (χ2v) is 9.33. The third kappa shape index (κ3) is 6.79. The lowest BCUT2D eigenvalue weighted by Crippen LogP contribution is -2.50. The highest BCUT2D eigenvalue weighted by Gasteiger charge is 2.22. The molecule has 1 fully saturated rings. The summed E-state index contributed by atoms with van der Waals surface area (Å²) in [4.78, 5) is 29.1.